The summed E-state index contributed by atoms with van der Waals surface area (Å²) in [4.78, 5) is 0. The van der Waals surface area contributed by atoms with Crippen LogP contribution in [0.4, 0.5) is 8.78 Å². The van der Waals surface area contributed by atoms with Gasteiger partial charge < -0.3 is 34.6 Å². The van der Waals surface area contributed by atoms with Crippen molar-refractivity contribution < 1.29 is 43.4 Å². The number of aliphatic hydroxyl groups is 4. The molecule has 2 aromatic carbocycles. The van der Waals surface area contributed by atoms with Crippen molar-refractivity contribution in [1.82, 2.24) is 0 Å². The molecular weight excluding hydrogens is 402 g/mol. The Balaban J connectivity index is 1.87. The lowest BCUT2D eigenvalue weighted by molar-refractivity contribution is -0.314. The minimum Gasteiger partial charge on any atom is -0.491 e. The molecule has 2 unspecified atom stereocenters. The number of aryl methyl sites for hydroxylation is 1. The van der Waals surface area contributed by atoms with Gasteiger partial charge in [-0.25, -0.2) is 8.78 Å². The Morgan fingerprint density at radius 3 is 2.27 bits per heavy atom. The molecule has 0 spiro atoms. The molecule has 164 valence electrons. The summed E-state index contributed by atoms with van der Waals surface area (Å²) in [5.74, 6) is -1.86. The van der Waals surface area contributed by atoms with E-state index in [1.54, 1.807) is 19.1 Å². The number of benzene rings is 2. The summed E-state index contributed by atoms with van der Waals surface area (Å²) in [6.45, 7) is 2.34. The standard InChI is InChI=1S/C21H24F2O7/c1-10-6-11(12-7-13(22)18(28-3)14(23)8-12)4-5-15(10)29-20-21(2,27)19(26)17(25)16(9-24)30-20/h4-8,16-17,19-20,24-27H,9H2,1-3H3/t16?,17-,19?,20+,21+/m1/s1. The average molecular weight is 426 g/mol. The monoisotopic (exact) mass is 426 g/mol. The molecule has 0 bridgehead atoms. The zero-order valence-electron chi connectivity index (χ0n) is 16.7. The molecule has 0 aromatic heterocycles. The second-order valence-electron chi connectivity index (χ2n) is 7.42. The first-order valence-electron chi connectivity index (χ1n) is 9.25. The van der Waals surface area contributed by atoms with E-state index >= 15 is 0 Å². The molecule has 0 radical (unpaired) electrons. The van der Waals surface area contributed by atoms with Gasteiger partial charge in [-0.05, 0) is 54.8 Å². The summed E-state index contributed by atoms with van der Waals surface area (Å²) >= 11 is 0. The molecular formula is C21H24F2O7. The van der Waals surface area contributed by atoms with Crippen LogP contribution < -0.4 is 9.47 Å². The molecule has 4 N–H and O–H groups in total. The van der Waals surface area contributed by atoms with Crippen LogP contribution >= 0.6 is 0 Å². The Kier molecular flexibility index (Phi) is 6.30. The summed E-state index contributed by atoms with van der Waals surface area (Å²) in [6, 6.07) is 7.01. The number of halogens is 2. The first kappa shape index (κ1) is 22.4. The van der Waals surface area contributed by atoms with Gasteiger partial charge in [-0.1, -0.05) is 6.07 Å². The van der Waals surface area contributed by atoms with Crippen LogP contribution in [0.25, 0.3) is 11.1 Å². The second kappa shape index (κ2) is 8.44. The Morgan fingerprint density at radius 1 is 1.10 bits per heavy atom. The van der Waals surface area contributed by atoms with Gasteiger partial charge in [0.2, 0.25) is 6.29 Å². The zero-order valence-corrected chi connectivity index (χ0v) is 16.7. The first-order chi connectivity index (χ1) is 14.1. The number of hydrogen-bond acceptors (Lipinski definition) is 7. The largest absolute Gasteiger partial charge is 0.491 e. The summed E-state index contributed by atoms with van der Waals surface area (Å²) in [5, 5.41) is 40.0. The maximum absolute atomic E-state index is 14.0. The normalized spacial score (nSPS) is 29.0. The number of aliphatic hydroxyl groups excluding tert-OH is 3. The molecule has 30 heavy (non-hydrogen) atoms. The lowest BCUT2D eigenvalue weighted by Crippen LogP contribution is -2.66. The van der Waals surface area contributed by atoms with Gasteiger partial charge in [0.25, 0.3) is 0 Å². The molecule has 0 aliphatic carbocycles. The van der Waals surface area contributed by atoms with Crippen LogP contribution in [0, 0.1) is 18.6 Å². The molecule has 9 heteroatoms. The number of methoxy groups -OCH3 is 1. The Bertz CT molecular complexity index is 895. The van der Waals surface area contributed by atoms with Crippen molar-refractivity contribution in [3.8, 4) is 22.6 Å². The van der Waals surface area contributed by atoms with E-state index in [9.17, 15) is 29.2 Å². The van der Waals surface area contributed by atoms with Gasteiger partial charge in [0.1, 0.15) is 24.1 Å². The molecule has 1 aliphatic rings. The zero-order chi connectivity index (χ0) is 22.2. The van der Waals surface area contributed by atoms with Crippen LogP contribution in [-0.2, 0) is 4.74 Å². The van der Waals surface area contributed by atoms with Crippen molar-refractivity contribution in [3.63, 3.8) is 0 Å². The third-order valence-electron chi connectivity index (χ3n) is 5.20. The van der Waals surface area contributed by atoms with E-state index in [-0.39, 0.29) is 5.75 Å². The van der Waals surface area contributed by atoms with Gasteiger partial charge in [0.15, 0.2) is 23.0 Å². The topological polar surface area (TPSA) is 109 Å². The van der Waals surface area contributed by atoms with Crippen molar-refractivity contribution in [2.75, 3.05) is 13.7 Å². The highest BCUT2D eigenvalue weighted by atomic mass is 19.1. The maximum Gasteiger partial charge on any atom is 0.231 e. The maximum atomic E-state index is 14.0. The summed E-state index contributed by atoms with van der Waals surface area (Å²) in [6.07, 6.45) is -5.63. The van der Waals surface area contributed by atoms with Crippen molar-refractivity contribution in [1.29, 1.82) is 0 Å². The van der Waals surface area contributed by atoms with Crippen LogP contribution in [0.2, 0.25) is 0 Å². The molecule has 7 nitrogen and oxygen atoms in total. The fourth-order valence-corrected chi connectivity index (χ4v) is 3.36. The quantitative estimate of drug-likeness (QED) is 0.574. The molecule has 0 amide bonds. The van der Waals surface area contributed by atoms with Gasteiger partial charge in [0, 0.05) is 0 Å². The smallest absolute Gasteiger partial charge is 0.231 e. The fourth-order valence-electron chi connectivity index (χ4n) is 3.36. The molecule has 1 fully saturated rings. The second-order valence-corrected chi connectivity index (χ2v) is 7.42. The first-order valence-corrected chi connectivity index (χ1v) is 9.25. The third-order valence-corrected chi connectivity index (χ3v) is 5.20. The lowest BCUT2D eigenvalue weighted by Gasteiger charge is -2.45. The van der Waals surface area contributed by atoms with E-state index in [0.717, 1.165) is 12.1 Å². The SMILES string of the molecule is COc1c(F)cc(-c2ccc(O[C@H]3OC(CO)[C@@H](O)C(O)[C@]3(C)O)c(C)c2)cc1F. The predicted molar refractivity (Wildman–Crippen MR) is 102 cm³/mol. The third kappa shape index (κ3) is 3.99. The van der Waals surface area contributed by atoms with Crippen molar-refractivity contribution in [2.45, 2.75) is 44.1 Å². The van der Waals surface area contributed by atoms with Crippen LogP contribution in [0.5, 0.6) is 11.5 Å². The highest BCUT2D eigenvalue weighted by Crippen LogP contribution is 2.35. The van der Waals surface area contributed by atoms with Crippen LogP contribution in [0.15, 0.2) is 30.3 Å². The molecule has 1 aliphatic heterocycles. The van der Waals surface area contributed by atoms with Crippen molar-refractivity contribution in [2.24, 2.45) is 0 Å². The summed E-state index contributed by atoms with van der Waals surface area (Å²) in [5.41, 5.74) is -0.594. The fraction of sp³-hybridized carbons (Fsp3) is 0.429. The van der Waals surface area contributed by atoms with Gasteiger partial charge >= 0.3 is 0 Å². The number of ether oxygens (including phenoxy) is 3. The Labute approximate surface area is 172 Å². The summed E-state index contributed by atoms with van der Waals surface area (Å²) in [7, 11) is 1.18. The van der Waals surface area contributed by atoms with E-state index in [1.165, 1.54) is 20.1 Å². The Morgan fingerprint density at radius 2 is 1.73 bits per heavy atom. The van der Waals surface area contributed by atoms with E-state index in [4.69, 9.17) is 9.47 Å². The van der Waals surface area contributed by atoms with Gasteiger partial charge in [-0.15, -0.1) is 0 Å². The van der Waals surface area contributed by atoms with Gasteiger partial charge in [0.05, 0.1) is 13.7 Å². The number of rotatable bonds is 5. The van der Waals surface area contributed by atoms with Crippen LogP contribution in [0.3, 0.4) is 0 Å². The number of hydrogen-bond donors (Lipinski definition) is 4. The average Bonchev–Trinajstić information content (AvgIpc) is 2.69. The van der Waals surface area contributed by atoms with Crippen molar-refractivity contribution in [3.05, 3.63) is 47.5 Å². The summed E-state index contributed by atoms with van der Waals surface area (Å²) < 4.78 is 43.8. The molecule has 3 rings (SSSR count). The van der Waals surface area contributed by atoms with E-state index in [1.807, 2.05) is 0 Å². The van der Waals surface area contributed by atoms with Crippen LogP contribution in [0.1, 0.15) is 12.5 Å². The van der Waals surface area contributed by atoms with E-state index in [2.05, 4.69) is 4.74 Å². The lowest BCUT2D eigenvalue weighted by atomic mass is 9.88. The molecule has 1 heterocycles. The molecule has 0 saturated carbocycles. The molecule has 1 saturated heterocycles. The molecule has 5 atom stereocenters. The Hall–Kier alpha value is -2.30. The van der Waals surface area contributed by atoms with Gasteiger partial charge in [-0.3, -0.25) is 0 Å². The van der Waals surface area contributed by atoms with E-state index in [0.29, 0.717) is 16.7 Å². The van der Waals surface area contributed by atoms with E-state index < -0.39 is 54.2 Å². The minimum atomic E-state index is -1.96. The highest BCUT2D eigenvalue weighted by Gasteiger charge is 2.53. The highest BCUT2D eigenvalue weighted by molar-refractivity contribution is 5.66. The van der Waals surface area contributed by atoms with Gasteiger partial charge in [-0.2, -0.15) is 0 Å². The molecule has 2 aromatic rings. The van der Waals surface area contributed by atoms with Crippen LogP contribution in [-0.4, -0.2) is 64.3 Å². The van der Waals surface area contributed by atoms with Crippen molar-refractivity contribution >= 4 is 0 Å². The minimum absolute atomic E-state index is 0.277. The predicted octanol–water partition coefficient (Wildman–Crippen LogP) is 1.52.